The third-order valence-electron chi connectivity index (χ3n) is 4.70. The molecule has 1 aromatic heterocycles. The summed E-state index contributed by atoms with van der Waals surface area (Å²) < 4.78 is 24.0. The quantitative estimate of drug-likeness (QED) is 0.129. The van der Waals surface area contributed by atoms with Gasteiger partial charge in [-0.25, -0.2) is 9.18 Å². The number of carbonyl (C=O) groups excluding carboxylic acids is 2. The molecule has 33 heavy (non-hydrogen) atoms. The van der Waals surface area contributed by atoms with Crippen molar-refractivity contribution < 1.29 is 23.5 Å². The molecular formula is C27H19FO4S. The molecule has 0 bridgehead atoms. The lowest BCUT2D eigenvalue weighted by Gasteiger charge is -2.06. The second kappa shape index (κ2) is 10.5. The molecule has 4 aromatic rings. The molecule has 0 unspecified atom stereocenters. The molecule has 3 aromatic carbocycles. The van der Waals surface area contributed by atoms with Gasteiger partial charge in [0.1, 0.15) is 28.8 Å². The molecule has 6 heteroatoms. The summed E-state index contributed by atoms with van der Waals surface area (Å²) in [7, 11) is 0. The minimum atomic E-state index is -0.422. The predicted octanol–water partition coefficient (Wildman–Crippen LogP) is 6.58. The highest BCUT2D eigenvalue weighted by Gasteiger charge is 2.10. The summed E-state index contributed by atoms with van der Waals surface area (Å²) >= 11 is 1.31. The van der Waals surface area contributed by atoms with Crippen LogP contribution in [0.2, 0.25) is 0 Å². The maximum Gasteiger partial charge on any atom is 0.353 e. The molecule has 0 aliphatic rings. The second-order valence-corrected chi connectivity index (χ2v) is 8.02. The monoisotopic (exact) mass is 458 g/mol. The first-order valence-corrected chi connectivity index (χ1v) is 11.0. The summed E-state index contributed by atoms with van der Waals surface area (Å²) in [5.41, 5.74) is 2.21. The first-order valence-electron chi connectivity index (χ1n) is 10.1. The Morgan fingerprint density at radius 3 is 2.21 bits per heavy atom. The average molecular weight is 459 g/mol. The van der Waals surface area contributed by atoms with E-state index in [1.54, 1.807) is 60.0 Å². The molecule has 1 heterocycles. The van der Waals surface area contributed by atoms with E-state index < -0.39 is 5.97 Å². The van der Waals surface area contributed by atoms with Gasteiger partial charge in [0.25, 0.3) is 0 Å². The molecule has 0 atom stereocenters. The number of benzene rings is 3. The van der Waals surface area contributed by atoms with Crippen LogP contribution in [0.25, 0.3) is 6.08 Å². The fraction of sp³-hybridized carbons (Fsp3) is 0.0370. The summed E-state index contributed by atoms with van der Waals surface area (Å²) in [5, 5.41) is 1.80. The van der Waals surface area contributed by atoms with Crippen LogP contribution in [0.5, 0.6) is 11.5 Å². The van der Waals surface area contributed by atoms with E-state index in [2.05, 4.69) is 0 Å². The van der Waals surface area contributed by atoms with Gasteiger partial charge in [0, 0.05) is 5.56 Å². The molecule has 4 nitrogen and oxygen atoms in total. The molecule has 0 saturated carbocycles. The zero-order valence-corrected chi connectivity index (χ0v) is 18.3. The summed E-state index contributed by atoms with van der Waals surface area (Å²) in [5.74, 6) is 0.190. The number of carbonyl (C=O) groups is 2. The molecule has 0 radical (unpaired) electrons. The van der Waals surface area contributed by atoms with Crippen molar-refractivity contribution in [2.24, 2.45) is 0 Å². The lowest BCUT2D eigenvalue weighted by molar-refractivity contribution is 0.0740. The SMILES string of the molecule is O=C(C=Cc1ccc(OCc2ccc(F)cc2)cc1)c1ccc(OC(=O)c2cccs2)cc1. The van der Waals surface area contributed by atoms with Crippen LogP contribution in [0, 0.1) is 5.82 Å². The van der Waals surface area contributed by atoms with Crippen LogP contribution in [0.1, 0.15) is 31.2 Å². The number of hydrogen-bond donors (Lipinski definition) is 0. The molecular weight excluding hydrogens is 439 g/mol. The Balaban J connectivity index is 1.30. The van der Waals surface area contributed by atoms with Crippen molar-refractivity contribution in [3.8, 4) is 11.5 Å². The Hall–Kier alpha value is -4.03. The van der Waals surface area contributed by atoms with E-state index in [9.17, 15) is 14.0 Å². The van der Waals surface area contributed by atoms with Crippen molar-refractivity contribution in [3.05, 3.63) is 124 Å². The Bertz CT molecular complexity index is 1240. The van der Waals surface area contributed by atoms with Gasteiger partial charge < -0.3 is 9.47 Å². The van der Waals surface area contributed by atoms with Crippen LogP contribution in [0.4, 0.5) is 4.39 Å². The van der Waals surface area contributed by atoms with E-state index in [-0.39, 0.29) is 11.6 Å². The first kappa shape index (κ1) is 22.2. The maximum absolute atomic E-state index is 13.0. The number of thiophene rings is 1. The average Bonchev–Trinajstić information content (AvgIpc) is 3.39. The normalized spacial score (nSPS) is 10.8. The smallest absolute Gasteiger partial charge is 0.353 e. The Labute approximate surface area is 194 Å². The number of rotatable bonds is 8. The van der Waals surface area contributed by atoms with Crippen LogP contribution in [0.15, 0.2) is 96.4 Å². The van der Waals surface area contributed by atoms with Gasteiger partial charge in [0.2, 0.25) is 0 Å². The van der Waals surface area contributed by atoms with E-state index in [0.29, 0.717) is 28.5 Å². The molecule has 0 saturated heterocycles. The second-order valence-electron chi connectivity index (χ2n) is 7.07. The first-order chi connectivity index (χ1) is 16.1. The van der Waals surface area contributed by atoms with E-state index >= 15 is 0 Å². The van der Waals surface area contributed by atoms with Crippen molar-refractivity contribution in [2.75, 3.05) is 0 Å². The lowest BCUT2D eigenvalue weighted by Crippen LogP contribution is -2.06. The van der Waals surface area contributed by atoms with Crippen LogP contribution >= 0.6 is 11.3 Å². The summed E-state index contributed by atoms with van der Waals surface area (Å²) in [6.07, 6.45) is 3.21. The standard InChI is InChI=1S/C27H19FO4S/c28-22-10-3-20(4-11-22)18-31-23-12-5-19(6-13-23)7-16-25(29)21-8-14-24(15-9-21)32-27(30)26-2-1-17-33-26/h1-17H,18H2. The van der Waals surface area contributed by atoms with E-state index in [0.717, 1.165) is 11.1 Å². The van der Waals surface area contributed by atoms with Gasteiger partial charge in [-0.1, -0.05) is 36.4 Å². The van der Waals surface area contributed by atoms with Gasteiger partial charge >= 0.3 is 5.97 Å². The maximum atomic E-state index is 13.0. The van der Waals surface area contributed by atoms with Crippen molar-refractivity contribution in [2.45, 2.75) is 6.61 Å². The number of halogens is 1. The number of ketones is 1. The predicted molar refractivity (Wildman–Crippen MR) is 126 cm³/mol. The van der Waals surface area contributed by atoms with Crippen LogP contribution in [-0.4, -0.2) is 11.8 Å². The molecule has 0 aliphatic heterocycles. The molecule has 0 aliphatic carbocycles. The van der Waals surface area contributed by atoms with Crippen molar-refractivity contribution in [3.63, 3.8) is 0 Å². The van der Waals surface area contributed by atoms with Gasteiger partial charge in [0.05, 0.1) is 0 Å². The minimum absolute atomic E-state index is 0.164. The van der Waals surface area contributed by atoms with Gasteiger partial charge in [-0.05, 0) is 77.2 Å². The largest absolute Gasteiger partial charge is 0.489 e. The number of ether oxygens (including phenoxy) is 2. The van der Waals surface area contributed by atoms with Gasteiger partial charge in [0.15, 0.2) is 5.78 Å². The molecule has 0 N–H and O–H groups in total. The summed E-state index contributed by atoms with van der Waals surface area (Å²) in [6.45, 7) is 0.340. The Morgan fingerprint density at radius 1 is 0.848 bits per heavy atom. The van der Waals surface area contributed by atoms with E-state index in [4.69, 9.17) is 9.47 Å². The summed E-state index contributed by atoms with van der Waals surface area (Å²) in [6, 6.07) is 23.4. The third kappa shape index (κ3) is 6.24. The highest BCUT2D eigenvalue weighted by molar-refractivity contribution is 7.12. The van der Waals surface area contributed by atoms with Crippen molar-refractivity contribution in [1.82, 2.24) is 0 Å². The third-order valence-corrected chi connectivity index (χ3v) is 5.55. The summed E-state index contributed by atoms with van der Waals surface area (Å²) in [4.78, 5) is 25.0. The highest BCUT2D eigenvalue weighted by Crippen LogP contribution is 2.18. The number of allylic oxidation sites excluding steroid dienone is 1. The zero-order valence-electron chi connectivity index (χ0n) is 17.4. The fourth-order valence-corrected chi connectivity index (χ4v) is 3.53. The minimum Gasteiger partial charge on any atom is -0.489 e. The van der Waals surface area contributed by atoms with Crippen LogP contribution in [-0.2, 0) is 6.61 Å². The highest BCUT2D eigenvalue weighted by atomic mass is 32.1. The van der Waals surface area contributed by atoms with Crippen molar-refractivity contribution >= 4 is 29.2 Å². The molecule has 4 rings (SSSR count). The lowest BCUT2D eigenvalue weighted by atomic mass is 10.1. The molecule has 0 fully saturated rings. The molecule has 0 amide bonds. The topological polar surface area (TPSA) is 52.6 Å². The zero-order chi connectivity index (χ0) is 23.0. The fourth-order valence-electron chi connectivity index (χ4n) is 2.93. The molecule has 0 spiro atoms. The molecule has 164 valence electrons. The Kier molecular flexibility index (Phi) is 7.07. The number of esters is 1. The van der Waals surface area contributed by atoms with E-state index in [1.807, 2.05) is 24.3 Å². The van der Waals surface area contributed by atoms with Gasteiger partial charge in [-0.15, -0.1) is 11.3 Å². The van der Waals surface area contributed by atoms with E-state index in [1.165, 1.54) is 29.5 Å². The van der Waals surface area contributed by atoms with Crippen LogP contribution < -0.4 is 9.47 Å². The van der Waals surface area contributed by atoms with Gasteiger partial charge in [-0.3, -0.25) is 4.79 Å². The van der Waals surface area contributed by atoms with Crippen LogP contribution in [0.3, 0.4) is 0 Å². The van der Waals surface area contributed by atoms with Gasteiger partial charge in [-0.2, -0.15) is 0 Å². The number of hydrogen-bond acceptors (Lipinski definition) is 5. The van der Waals surface area contributed by atoms with Crippen molar-refractivity contribution in [1.29, 1.82) is 0 Å². The Morgan fingerprint density at radius 2 is 1.55 bits per heavy atom.